The lowest BCUT2D eigenvalue weighted by atomic mass is 10.2. The van der Waals surface area contributed by atoms with Crippen LogP contribution in [0.2, 0.25) is 0 Å². The Balaban J connectivity index is 1.41. The number of hydrogen-bond donors (Lipinski definition) is 0. The minimum atomic E-state index is -0.811. The summed E-state index contributed by atoms with van der Waals surface area (Å²) < 4.78 is 10.2. The highest BCUT2D eigenvalue weighted by Gasteiger charge is 2.16. The highest BCUT2D eigenvalue weighted by atomic mass is 32.1. The van der Waals surface area contributed by atoms with Crippen LogP contribution in [0.1, 0.15) is 24.3 Å². The Morgan fingerprint density at radius 2 is 1.96 bits per heavy atom. The van der Waals surface area contributed by atoms with Gasteiger partial charge in [-0.1, -0.05) is 41.6 Å². The zero-order valence-corrected chi connectivity index (χ0v) is 14.2. The van der Waals surface area contributed by atoms with Gasteiger partial charge in [-0.3, -0.25) is 4.79 Å². The maximum Gasteiger partial charge on any atom is 0.374 e. The molecule has 0 unspecified atom stereocenters. The van der Waals surface area contributed by atoms with Gasteiger partial charge in [-0.2, -0.15) is 4.98 Å². The van der Waals surface area contributed by atoms with E-state index in [4.69, 9.17) is 9.26 Å². The van der Waals surface area contributed by atoms with E-state index in [-0.39, 0.29) is 13.0 Å². The number of carbonyl (C=O) groups is 2. The van der Waals surface area contributed by atoms with Gasteiger partial charge in [0.05, 0.1) is 4.88 Å². The summed E-state index contributed by atoms with van der Waals surface area (Å²) in [5.41, 5.74) is 0.843. The van der Waals surface area contributed by atoms with Crippen molar-refractivity contribution in [1.29, 1.82) is 0 Å². The van der Waals surface area contributed by atoms with Gasteiger partial charge in [-0.15, -0.1) is 11.3 Å². The number of hydrogen-bond acceptors (Lipinski definition) is 7. The van der Waals surface area contributed by atoms with Crippen molar-refractivity contribution in [2.45, 2.75) is 25.9 Å². The molecular weight excluding hydrogens is 340 g/mol. The summed E-state index contributed by atoms with van der Waals surface area (Å²) >= 11 is 1.53. The number of ketones is 1. The first-order valence-electron chi connectivity index (χ1n) is 7.83. The van der Waals surface area contributed by atoms with E-state index >= 15 is 0 Å². The van der Waals surface area contributed by atoms with Crippen LogP contribution >= 0.6 is 11.3 Å². The van der Waals surface area contributed by atoms with E-state index < -0.39 is 11.8 Å². The van der Waals surface area contributed by atoms with Crippen molar-refractivity contribution in [3.05, 3.63) is 59.3 Å². The fourth-order valence-corrected chi connectivity index (χ4v) is 2.82. The standard InChI is InChI=1S/C18H16N2O4S/c21-14(18(22)23-12-13-6-2-1-3-7-13)8-4-10-16-19-17(20-24-16)15-9-5-11-25-15/h1-3,5-7,9,11H,4,8,10,12H2. The minimum absolute atomic E-state index is 0.0876. The Morgan fingerprint density at radius 1 is 1.12 bits per heavy atom. The largest absolute Gasteiger partial charge is 0.455 e. The van der Waals surface area contributed by atoms with Crippen LogP contribution in [-0.2, 0) is 27.4 Å². The molecule has 6 nitrogen and oxygen atoms in total. The molecule has 0 spiro atoms. The summed E-state index contributed by atoms with van der Waals surface area (Å²) in [7, 11) is 0. The Bertz CT molecular complexity index is 828. The molecule has 3 aromatic rings. The second kappa shape index (κ2) is 8.34. The third-order valence-corrected chi connectivity index (χ3v) is 4.31. The molecule has 0 saturated carbocycles. The number of thiophene rings is 1. The van der Waals surface area contributed by atoms with Crippen LogP contribution in [0, 0.1) is 0 Å². The van der Waals surface area contributed by atoms with Crippen molar-refractivity contribution in [3.8, 4) is 10.7 Å². The first-order valence-corrected chi connectivity index (χ1v) is 8.70. The summed E-state index contributed by atoms with van der Waals surface area (Å²) in [5, 5.41) is 5.84. The fraction of sp³-hybridized carbons (Fsp3) is 0.222. The van der Waals surface area contributed by atoms with Gasteiger partial charge >= 0.3 is 5.97 Å². The molecule has 0 amide bonds. The molecular formula is C18H16N2O4S. The van der Waals surface area contributed by atoms with Crippen LogP contribution in [0.25, 0.3) is 10.7 Å². The Morgan fingerprint density at radius 3 is 2.72 bits per heavy atom. The second-order valence-electron chi connectivity index (χ2n) is 5.33. The van der Waals surface area contributed by atoms with Crippen molar-refractivity contribution in [1.82, 2.24) is 10.1 Å². The van der Waals surface area contributed by atoms with Gasteiger partial charge in [0.2, 0.25) is 17.5 Å². The molecule has 7 heteroatoms. The Kier molecular flexibility index (Phi) is 5.69. The highest BCUT2D eigenvalue weighted by Crippen LogP contribution is 2.21. The molecule has 0 bridgehead atoms. The number of benzene rings is 1. The van der Waals surface area contributed by atoms with Crippen LogP contribution in [0.3, 0.4) is 0 Å². The van der Waals surface area contributed by atoms with E-state index in [9.17, 15) is 9.59 Å². The summed E-state index contributed by atoms with van der Waals surface area (Å²) in [5.74, 6) is -0.366. The molecule has 1 aromatic carbocycles. The predicted molar refractivity (Wildman–Crippen MR) is 91.8 cm³/mol. The SMILES string of the molecule is O=C(CCCc1nc(-c2cccs2)no1)C(=O)OCc1ccccc1. The number of ether oxygens (including phenoxy) is 1. The highest BCUT2D eigenvalue weighted by molar-refractivity contribution is 7.13. The van der Waals surface area contributed by atoms with Gasteiger partial charge < -0.3 is 9.26 Å². The van der Waals surface area contributed by atoms with E-state index in [1.165, 1.54) is 11.3 Å². The lowest BCUT2D eigenvalue weighted by Gasteiger charge is -2.03. The minimum Gasteiger partial charge on any atom is -0.455 e. The Labute approximate surface area is 148 Å². The number of rotatable bonds is 8. The number of aryl methyl sites for hydroxylation is 1. The van der Waals surface area contributed by atoms with Crippen LogP contribution in [0.4, 0.5) is 0 Å². The van der Waals surface area contributed by atoms with E-state index in [2.05, 4.69) is 10.1 Å². The molecule has 0 radical (unpaired) electrons. The molecule has 0 fully saturated rings. The molecule has 0 aliphatic heterocycles. The van der Waals surface area contributed by atoms with Crippen LogP contribution in [-0.4, -0.2) is 21.9 Å². The lowest BCUT2D eigenvalue weighted by Crippen LogP contribution is -2.17. The quantitative estimate of drug-likeness (QED) is 0.454. The summed E-state index contributed by atoms with van der Waals surface area (Å²) in [6.45, 7) is 0.0965. The maximum atomic E-state index is 11.8. The molecule has 0 N–H and O–H groups in total. The number of esters is 1. The van der Waals surface area contributed by atoms with Crippen molar-refractivity contribution in [2.24, 2.45) is 0 Å². The first kappa shape index (κ1) is 17.0. The fourth-order valence-electron chi connectivity index (χ4n) is 2.17. The van der Waals surface area contributed by atoms with Gasteiger partial charge in [0, 0.05) is 12.8 Å². The van der Waals surface area contributed by atoms with Gasteiger partial charge in [0.1, 0.15) is 6.61 Å². The zero-order chi connectivity index (χ0) is 17.5. The molecule has 128 valence electrons. The molecule has 0 saturated heterocycles. The molecule has 2 aromatic heterocycles. The monoisotopic (exact) mass is 356 g/mol. The van der Waals surface area contributed by atoms with Crippen molar-refractivity contribution in [3.63, 3.8) is 0 Å². The van der Waals surface area contributed by atoms with E-state index in [1.807, 2.05) is 47.8 Å². The topological polar surface area (TPSA) is 82.3 Å². The van der Waals surface area contributed by atoms with E-state index in [0.717, 1.165) is 10.4 Å². The maximum absolute atomic E-state index is 11.8. The number of carbonyl (C=O) groups excluding carboxylic acids is 2. The molecule has 0 aliphatic rings. The molecule has 3 rings (SSSR count). The van der Waals surface area contributed by atoms with Crippen LogP contribution in [0.5, 0.6) is 0 Å². The third-order valence-electron chi connectivity index (χ3n) is 3.44. The summed E-state index contributed by atoms with van der Waals surface area (Å²) in [6.07, 6.45) is 0.978. The molecule has 0 atom stereocenters. The first-order chi connectivity index (χ1) is 12.2. The zero-order valence-electron chi connectivity index (χ0n) is 13.4. The number of aromatic nitrogens is 2. The molecule has 25 heavy (non-hydrogen) atoms. The predicted octanol–water partition coefficient (Wildman–Crippen LogP) is 3.43. The average Bonchev–Trinajstić information content (AvgIpc) is 3.32. The average molecular weight is 356 g/mol. The van der Waals surface area contributed by atoms with Crippen LogP contribution < -0.4 is 0 Å². The number of nitrogens with zero attached hydrogens (tertiary/aromatic N) is 2. The summed E-state index contributed by atoms with van der Waals surface area (Å²) in [4.78, 5) is 28.7. The third kappa shape index (κ3) is 4.84. The van der Waals surface area contributed by atoms with Gasteiger partial charge in [-0.25, -0.2) is 4.79 Å². The van der Waals surface area contributed by atoms with E-state index in [1.54, 1.807) is 0 Å². The van der Waals surface area contributed by atoms with Gasteiger partial charge in [-0.05, 0) is 23.4 Å². The number of Topliss-reactive ketones (excluding diaryl/α,β-unsaturated/α-hetero) is 1. The van der Waals surface area contributed by atoms with Crippen LogP contribution in [0.15, 0.2) is 52.4 Å². The van der Waals surface area contributed by atoms with Crippen molar-refractivity contribution >= 4 is 23.1 Å². The second-order valence-corrected chi connectivity index (χ2v) is 6.28. The van der Waals surface area contributed by atoms with E-state index in [0.29, 0.717) is 24.6 Å². The lowest BCUT2D eigenvalue weighted by molar-refractivity contribution is -0.154. The molecule has 2 heterocycles. The van der Waals surface area contributed by atoms with Crippen molar-refractivity contribution < 1.29 is 18.8 Å². The van der Waals surface area contributed by atoms with Crippen molar-refractivity contribution in [2.75, 3.05) is 0 Å². The smallest absolute Gasteiger partial charge is 0.374 e. The molecule has 0 aliphatic carbocycles. The Hall–Kier alpha value is -2.80. The normalized spacial score (nSPS) is 10.6. The van der Waals surface area contributed by atoms with Gasteiger partial charge in [0.15, 0.2) is 0 Å². The summed E-state index contributed by atoms with van der Waals surface area (Å²) in [6, 6.07) is 13.1. The van der Waals surface area contributed by atoms with Gasteiger partial charge in [0.25, 0.3) is 0 Å².